The minimum Gasteiger partial charge on any atom is -0.323 e. The molecule has 1 heterocycles. The lowest BCUT2D eigenvalue weighted by Crippen LogP contribution is -2.20. The van der Waals surface area contributed by atoms with Crippen LogP contribution in [0.1, 0.15) is 12.8 Å². The molecule has 0 amide bonds. The van der Waals surface area contributed by atoms with Gasteiger partial charge in [0, 0.05) is 0 Å². The van der Waals surface area contributed by atoms with E-state index < -0.39 is 13.4 Å². The van der Waals surface area contributed by atoms with E-state index in [0.717, 1.165) is 13.0 Å². The molecule has 0 aliphatic carbocycles. The Morgan fingerprint density at radius 2 is 2.22 bits per heavy atom. The Bertz CT molecular complexity index is 137. The molecule has 54 valence electrons. The van der Waals surface area contributed by atoms with Gasteiger partial charge < -0.3 is 15.1 Å². The molecule has 1 rings (SSSR count). The van der Waals surface area contributed by atoms with Gasteiger partial charge in [-0.2, -0.15) is 0 Å². The maximum atomic E-state index is 10.5. The van der Waals surface area contributed by atoms with Crippen molar-refractivity contribution in [2.45, 2.75) is 18.6 Å². The van der Waals surface area contributed by atoms with Gasteiger partial charge in [-0.1, -0.05) is 0 Å². The molecule has 4 nitrogen and oxygen atoms in total. The molecule has 0 unspecified atom stereocenters. The molecule has 0 radical (unpaired) electrons. The van der Waals surface area contributed by atoms with Crippen molar-refractivity contribution in [3.8, 4) is 0 Å². The maximum absolute atomic E-state index is 10.5. The fourth-order valence-electron chi connectivity index (χ4n) is 0.953. The quantitative estimate of drug-likeness (QED) is 0.457. The first-order chi connectivity index (χ1) is 4.11. The summed E-state index contributed by atoms with van der Waals surface area (Å²) in [6.45, 7) is 0.732. The first-order valence-electron chi connectivity index (χ1n) is 2.89. The van der Waals surface area contributed by atoms with E-state index in [1.165, 1.54) is 0 Å². The Hall–Kier alpha value is 0.110. The minimum absolute atomic E-state index is 0.572. The Morgan fingerprint density at radius 1 is 1.56 bits per heavy atom. The maximum Gasteiger partial charge on any atom is 0.342 e. The lowest BCUT2D eigenvalue weighted by molar-refractivity contribution is 0.353. The topological polar surface area (TPSA) is 69.6 Å². The summed E-state index contributed by atoms with van der Waals surface area (Å²) in [6, 6.07) is 0. The third-order valence-electron chi connectivity index (χ3n) is 1.44. The molecular formula is C4H10NO3P. The zero-order valence-corrected chi connectivity index (χ0v) is 5.84. The summed E-state index contributed by atoms with van der Waals surface area (Å²) >= 11 is 0. The van der Waals surface area contributed by atoms with E-state index in [-0.39, 0.29) is 0 Å². The van der Waals surface area contributed by atoms with Crippen LogP contribution in [0.4, 0.5) is 0 Å². The van der Waals surface area contributed by atoms with Crippen LogP contribution in [-0.4, -0.2) is 22.1 Å². The van der Waals surface area contributed by atoms with E-state index in [1.54, 1.807) is 0 Å². The van der Waals surface area contributed by atoms with Crippen molar-refractivity contribution in [2.24, 2.45) is 0 Å². The molecule has 1 aliphatic rings. The van der Waals surface area contributed by atoms with E-state index in [0.29, 0.717) is 6.42 Å². The van der Waals surface area contributed by atoms with E-state index in [2.05, 4.69) is 5.32 Å². The van der Waals surface area contributed by atoms with Crippen LogP contribution in [0.5, 0.6) is 0 Å². The van der Waals surface area contributed by atoms with Crippen molar-refractivity contribution in [1.29, 1.82) is 0 Å². The lowest BCUT2D eigenvalue weighted by Gasteiger charge is -2.10. The number of hydrogen-bond acceptors (Lipinski definition) is 2. The Labute approximate surface area is 53.4 Å². The molecule has 0 saturated carbocycles. The second-order valence-electron chi connectivity index (χ2n) is 2.20. The summed E-state index contributed by atoms with van der Waals surface area (Å²) in [7, 11) is -3.82. The summed E-state index contributed by atoms with van der Waals surface area (Å²) in [5.74, 6) is -0.572. The van der Waals surface area contributed by atoms with Gasteiger partial charge in [0.15, 0.2) is 0 Å². The van der Waals surface area contributed by atoms with Crippen molar-refractivity contribution in [3.05, 3.63) is 0 Å². The van der Waals surface area contributed by atoms with E-state index >= 15 is 0 Å². The molecule has 0 aromatic carbocycles. The number of hydrogen-bond donors (Lipinski definition) is 3. The largest absolute Gasteiger partial charge is 0.342 e. The molecular weight excluding hydrogens is 141 g/mol. The minimum atomic E-state index is -3.82. The van der Waals surface area contributed by atoms with E-state index in [4.69, 9.17) is 9.79 Å². The second-order valence-corrected chi connectivity index (χ2v) is 4.00. The summed E-state index contributed by atoms with van der Waals surface area (Å²) in [5.41, 5.74) is 0. The van der Waals surface area contributed by atoms with Crippen LogP contribution in [0.2, 0.25) is 0 Å². The average molecular weight is 151 g/mol. The Balaban J connectivity index is 2.52. The fraction of sp³-hybridized carbons (Fsp3) is 1.00. The highest BCUT2D eigenvalue weighted by atomic mass is 31.2. The van der Waals surface area contributed by atoms with Crippen LogP contribution in [0.3, 0.4) is 0 Å². The molecule has 0 bridgehead atoms. The van der Waals surface area contributed by atoms with Crippen LogP contribution < -0.4 is 5.32 Å². The van der Waals surface area contributed by atoms with E-state index in [1.807, 2.05) is 0 Å². The van der Waals surface area contributed by atoms with Crippen LogP contribution in [0.25, 0.3) is 0 Å². The molecule has 0 aromatic heterocycles. The second kappa shape index (κ2) is 2.39. The molecule has 0 spiro atoms. The number of rotatable bonds is 1. The predicted molar refractivity (Wildman–Crippen MR) is 33.1 cm³/mol. The fourth-order valence-corrected chi connectivity index (χ4v) is 1.84. The van der Waals surface area contributed by atoms with Gasteiger partial charge in [-0.25, -0.2) is 0 Å². The number of nitrogens with one attached hydrogen (secondary N) is 1. The molecule has 9 heavy (non-hydrogen) atoms. The Morgan fingerprint density at radius 3 is 2.44 bits per heavy atom. The van der Waals surface area contributed by atoms with Crippen LogP contribution in [0.15, 0.2) is 0 Å². The van der Waals surface area contributed by atoms with E-state index in [9.17, 15) is 4.57 Å². The van der Waals surface area contributed by atoms with Crippen molar-refractivity contribution >= 4 is 7.60 Å². The Kier molecular flexibility index (Phi) is 1.91. The molecule has 1 fully saturated rings. The van der Waals surface area contributed by atoms with Gasteiger partial charge in [-0.15, -0.1) is 0 Å². The third-order valence-corrected chi connectivity index (χ3v) is 2.69. The highest BCUT2D eigenvalue weighted by molar-refractivity contribution is 7.52. The van der Waals surface area contributed by atoms with Crippen LogP contribution >= 0.6 is 7.60 Å². The normalized spacial score (nSPS) is 28.9. The molecule has 1 saturated heterocycles. The first-order valence-corrected chi connectivity index (χ1v) is 4.57. The van der Waals surface area contributed by atoms with Gasteiger partial charge in [0.1, 0.15) is 5.78 Å². The SMILES string of the molecule is O=P(O)(O)[C@H]1CCCN1. The zero-order valence-electron chi connectivity index (χ0n) is 4.95. The van der Waals surface area contributed by atoms with Crippen LogP contribution in [0, 0.1) is 0 Å². The van der Waals surface area contributed by atoms with Crippen molar-refractivity contribution in [2.75, 3.05) is 6.54 Å². The van der Waals surface area contributed by atoms with Gasteiger partial charge in [-0.05, 0) is 19.4 Å². The average Bonchev–Trinajstić information content (AvgIpc) is 2.08. The molecule has 0 aromatic rings. The molecule has 3 N–H and O–H groups in total. The van der Waals surface area contributed by atoms with Gasteiger partial charge >= 0.3 is 7.60 Å². The van der Waals surface area contributed by atoms with Gasteiger partial charge in [0.05, 0.1) is 0 Å². The molecule has 1 aliphatic heterocycles. The summed E-state index contributed by atoms with van der Waals surface area (Å²) in [6.07, 6.45) is 1.47. The summed E-state index contributed by atoms with van der Waals surface area (Å²) in [5, 5.41) is 2.73. The molecule has 1 atom stereocenters. The third kappa shape index (κ3) is 1.76. The summed E-state index contributed by atoms with van der Waals surface area (Å²) < 4.78 is 10.5. The zero-order chi connectivity index (χ0) is 6.91. The highest BCUT2D eigenvalue weighted by Gasteiger charge is 2.30. The highest BCUT2D eigenvalue weighted by Crippen LogP contribution is 2.43. The van der Waals surface area contributed by atoms with Crippen LogP contribution in [-0.2, 0) is 4.57 Å². The molecule has 5 heteroatoms. The first kappa shape index (κ1) is 7.22. The van der Waals surface area contributed by atoms with Crippen molar-refractivity contribution in [3.63, 3.8) is 0 Å². The summed E-state index contributed by atoms with van der Waals surface area (Å²) in [4.78, 5) is 17.1. The van der Waals surface area contributed by atoms with Gasteiger partial charge in [0.25, 0.3) is 0 Å². The predicted octanol–water partition coefficient (Wildman–Crippen LogP) is -0.126. The van der Waals surface area contributed by atoms with Crippen molar-refractivity contribution < 1.29 is 14.4 Å². The standard InChI is InChI=1S/C4H10NO3P/c6-9(7,8)4-2-1-3-5-4/h4-5H,1-3H2,(H2,6,7,8)/t4-/m0/s1. The van der Waals surface area contributed by atoms with Gasteiger partial charge in [-0.3, -0.25) is 4.57 Å². The lowest BCUT2D eigenvalue weighted by atomic mass is 10.4. The monoisotopic (exact) mass is 151 g/mol. The van der Waals surface area contributed by atoms with Gasteiger partial charge in [0.2, 0.25) is 0 Å². The van der Waals surface area contributed by atoms with Crippen molar-refractivity contribution in [1.82, 2.24) is 5.32 Å². The smallest absolute Gasteiger partial charge is 0.323 e.